The van der Waals surface area contributed by atoms with Crippen LogP contribution in [0.15, 0.2) is 66.7 Å². The van der Waals surface area contributed by atoms with Gasteiger partial charge in [-0.2, -0.15) is 5.10 Å². The van der Waals surface area contributed by atoms with Crippen LogP contribution in [0.4, 0.5) is 0 Å². The number of aromatic hydroxyl groups is 1. The average Bonchev–Trinajstić information content (AvgIpc) is 3.42. The van der Waals surface area contributed by atoms with E-state index in [0.717, 1.165) is 11.1 Å². The number of hydrogen-bond donors (Lipinski definition) is 2. The highest BCUT2D eigenvalue weighted by atomic mass is 35.5. The molecule has 0 radical (unpaired) electrons. The number of carbonyl (C=O) groups is 1. The lowest BCUT2D eigenvalue weighted by Gasteiger charge is -2.27. The molecule has 0 fully saturated rings. The number of aromatic amines is 1. The Balaban J connectivity index is 1.68. The number of nitrogens with zero attached hydrogens (tertiary/aromatic N) is 2. The molecule has 1 amide bonds. The van der Waals surface area contributed by atoms with Crippen LogP contribution >= 0.6 is 11.6 Å². The van der Waals surface area contributed by atoms with Crippen LogP contribution in [0, 0.1) is 0 Å². The van der Waals surface area contributed by atoms with Crippen LogP contribution in [-0.2, 0) is 6.54 Å². The van der Waals surface area contributed by atoms with Crippen molar-refractivity contribution in [1.29, 1.82) is 0 Å². The maximum absolute atomic E-state index is 13.7. The number of phenols is 1. The zero-order valence-corrected chi connectivity index (χ0v) is 20.7. The number of ether oxygens (including phenoxy) is 2. The highest BCUT2D eigenvalue weighted by Gasteiger charge is 2.42. The summed E-state index contributed by atoms with van der Waals surface area (Å²) in [6.45, 7) is 5.20. The fraction of sp³-hybridized carbons (Fsp3) is 0.214. The molecule has 1 atom stereocenters. The van der Waals surface area contributed by atoms with Crippen LogP contribution in [0.5, 0.6) is 17.2 Å². The monoisotopic (exact) mass is 503 g/mol. The van der Waals surface area contributed by atoms with E-state index in [1.807, 2.05) is 62.4 Å². The molecule has 1 unspecified atom stereocenters. The number of H-pyrrole nitrogens is 1. The van der Waals surface area contributed by atoms with E-state index in [-0.39, 0.29) is 11.7 Å². The van der Waals surface area contributed by atoms with Gasteiger partial charge in [0.2, 0.25) is 0 Å². The molecule has 7 nitrogen and oxygen atoms in total. The standard InChI is InChI=1S/C28H26ClN3O4/c1-3-35-22-13-10-18(14-23(22)36-4-2)27-24-25(20-15-19(29)11-12-21(20)33)30-31-26(24)28(34)32(27)16-17-8-6-5-7-9-17/h5-15,27,33H,3-4,16H2,1-2H3,(H,30,31). The maximum atomic E-state index is 13.7. The van der Waals surface area contributed by atoms with Gasteiger partial charge in [0.1, 0.15) is 17.1 Å². The van der Waals surface area contributed by atoms with Crippen LogP contribution in [0.2, 0.25) is 5.02 Å². The fourth-order valence-electron chi connectivity index (χ4n) is 4.63. The van der Waals surface area contributed by atoms with Crippen molar-refractivity contribution >= 4 is 17.5 Å². The first-order valence-corrected chi connectivity index (χ1v) is 12.2. The summed E-state index contributed by atoms with van der Waals surface area (Å²) in [6.07, 6.45) is 0. The summed E-state index contributed by atoms with van der Waals surface area (Å²) >= 11 is 6.25. The molecule has 36 heavy (non-hydrogen) atoms. The number of halogens is 1. The molecule has 3 aromatic carbocycles. The van der Waals surface area contributed by atoms with E-state index in [1.165, 1.54) is 6.07 Å². The van der Waals surface area contributed by atoms with E-state index in [1.54, 1.807) is 17.0 Å². The number of fused-ring (bicyclic) bond motifs is 1. The lowest BCUT2D eigenvalue weighted by molar-refractivity contribution is 0.0730. The number of nitrogens with one attached hydrogen (secondary N) is 1. The van der Waals surface area contributed by atoms with Gasteiger partial charge in [-0.25, -0.2) is 0 Å². The zero-order valence-electron chi connectivity index (χ0n) is 20.0. The van der Waals surface area contributed by atoms with Gasteiger partial charge in [0.25, 0.3) is 5.91 Å². The van der Waals surface area contributed by atoms with Gasteiger partial charge < -0.3 is 19.5 Å². The van der Waals surface area contributed by atoms with Gasteiger partial charge in [-0.1, -0.05) is 48.0 Å². The van der Waals surface area contributed by atoms with Gasteiger partial charge >= 0.3 is 0 Å². The van der Waals surface area contributed by atoms with Crippen molar-refractivity contribution in [2.24, 2.45) is 0 Å². The van der Waals surface area contributed by atoms with Gasteiger partial charge in [-0.3, -0.25) is 9.89 Å². The predicted molar refractivity (Wildman–Crippen MR) is 138 cm³/mol. The SMILES string of the molecule is CCOc1ccc(C2c3c(-c4cc(Cl)ccc4O)n[nH]c3C(=O)N2Cc2ccccc2)cc1OCC. The average molecular weight is 504 g/mol. The highest BCUT2D eigenvalue weighted by Crippen LogP contribution is 2.46. The Morgan fingerprint density at radius 1 is 1.00 bits per heavy atom. The molecule has 0 bridgehead atoms. The molecule has 184 valence electrons. The number of benzene rings is 3. The minimum Gasteiger partial charge on any atom is -0.507 e. The first kappa shape index (κ1) is 23.8. The van der Waals surface area contributed by atoms with Crippen molar-refractivity contribution in [3.63, 3.8) is 0 Å². The van der Waals surface area contributed by atoms with Gasteiger partial charge in [-0.15, -0.1) is 0 Å². The van der Waals surface area contributed by atoms with Crippen molar-refractivity contribution in [3.8, 4) is 28.5 Å². The second kappa shape index (κ2) is 9.95. The summed E-state index contributed by atoms with van der Waals surface area (Å²) in [5, 5.41) is 18.4. The molecule has 4 aromatic rings. The van der Waals surface area contributed by atoms with E-state index in [4.69, 9.17) is 21.1 Å². The predicted octanol–water partition coefficient (Wildman–Crippen LogP) is 5.98. The third-order valence-corrected chi connectivity index (χ3v) is 6.39. The molecule has 2 heterocycles. The van der Waals surface area contributed by atoms with E-state index in [9.17, 15) is 9.90 Å². The molecule has 1 aromatic heterocycles. The Morgan fingerprint density at radius 2 is 1.75 bits per heavy atom. The molecule has 0 saturated heterocycles. The molecule has 5 rings (SSSR count). The minimum absolute atomic E-state index is 0.0307. The number of carbonyl (C=O) groups excluding carboxylic acids is 1. The molecule has 0 spiro atoms. The molecular formula is C28H26ClN3O4. The first-order valence-electron chi connectivity index (χ1n) is 11.8. The largest absolute Gasteiger partial charge is 0.507 e. The molecule has 1 aliphatic rings. The molecule has 1 aliphatic heterocycles. The smallest absolute Gasteiger partial charge is 0.273 e. The third kappa shape index (κ3) is 4.27. The summed E-state index contributed by atoms with van der Waals surface area (Å²) in [5.74, 6) is 1.10. The first-order chi connectivity index (χ1) is 17.5. The topological polar surface area (TPSA) is 87.7 Å². The van der Waals surface area contributed by atoms with Crippen LogP contribution < -0.4 is 9.47 Å². The Bertz CT molecular complexity index is 1400. The van der Waals surface area contributed by atoms with Crippen molar-refractivity contribution in [2.45, 2.75) is 26.4 Å². The van der Waals surface area contributed by atoms with Crippen molar-refractivity contribution in [2.75, 3.05) is 13.2 Å². The van der Waals surface area contributed by atoms with Crippen molar-refractivity contribution in [3.05, 3.63) is 94.1 Å². The summed E-state index contributed by atoms with van der Waals surface area (Å²) in [7, 11) is 0. The van der Waals surface area contributed by atoms with Crippen LogP contribution in [0.1, 0.15) is 47.1 Å². The van der Waals surface area contributed by atoms with Crippen LogP contribution in [0.3, 0.4) is 0 Å². The zero-order chi connectivity index (χ0) is 25.2. The highest BCUT2D eigenvalue weighted by molar-refractivity contribution is 6.31. The van der Waals surface area contributed by atoms with Crippen LogP contribution in [0.25, 0.3) is 11.3 Å². The number of aromatic nitrogens is 2. The molecule has 0 saturated carbocycles. The summed E-state index contributed by atoms with van der Waals surface area (Å²) in [4.78, 5) is 15.5. The molecule has 8 heteroatoms. The number of rotatable bonds is 8. The lowest BCUT2D eigenvalue weighted by atomic mass is 9.95. The van der Waals surface area contributed by atoms with Gasteiger partial charge in [-0.05, 0) is 55.3 Å². The van der Waals surface area contributed by atoms with E-state index >= 15 is 0 Å². The quantitative estimate of drug-likeness (QED) is 0.309. The normalized spacial score (nSPS) is 14.7. The summed E-state index contributed by atoms with van der Waals surface area (Å²) in [6, 6.07) is 19.8. The molecule has 0 aliphatic carbocycles. The van der Waals surface area contributed by atoms with Gasteiger partial charge in [0, 0.05) is 22.7 Å². The molecular weight excluding hydrogens is 478 g/mol. The van der Waals surface area contributed by atoms with Crippen molar-refractivity contribution < 1.29 is 19.4 Å². The number of amides is 1. The van der Waals surface area contributed by atoms with Crippen molar-refractivity contribution in [1.82, 2.24) is 15.1 Å². The lowest BCUT2D eigenvalue weighted by Crippen LogP contribution is -2.29. The van der Waals surface area contributed by atoms with Gasteiger partial charge in [0.15, 0.2) is 11.5 Å². The second-order valence-electron chi connectivity index (χ2n) is 8.42. The maximum Gasteiger partial charge on any atom is 0.273 e. The summed E-state index contributed by atoms with van der Waals surface area (Å²) < 4.78 is 11.6. The minimum atomic E-state index is -0.477. The van der Waals surface area contributed by atoms with Gasteiger partial charge in [0.05, 0.1) is 19.3 Å². The third-order valence-electron chi connectivity index (χ3n) is 6.16. The Kier molecular flexibility index (Phi) is 6.57. The molecule has 2 N–H and O–H groups in total. The number of phenolic OH excluding ortho intramolecular Hbond substituents is 1. The number of hydrogen-bond acceptors (Lipinski definition) is 5. The van der Waals surface area contributed by atoms with E-state index < -0.39 is 6.04 Å². The second-order valence-corrected chi connectivity index (χ2v) is 8.85. The van der Waals surface area contributed by atoms with E-state index in [2.05, 4.69) is 10.2 Å². The van der Waals surface area contributed by atoms with Crippen LogP contribution in [-0.4, -0.2) is 39.3 Å². The fourth-order valence-corrected chi connectivity index (χ4v) is 4.80. The van der Waals surface area contributed by atoms with E-state index in [0.29, 0.717) is 58.8 Å². The summed E-state index contributed by atoms with van der Waals surface area (Å²) in [5.41, 5.74) is 3.84. The Hall–Kier alpha value is -3.97. The Labute approximate surface area is 214 Å². The Morgan fingerprint density at radius 3 is 2.50 bits per heavy atom.